The number of hydrogen-bond donors (Lipinski definition) is 1. The van der Waals surface area contributed by atoms with Crippen molar-refractivity contribution in [1.82, 2.24) is 4.57 Å². The maximum Gasteiger partial charge on any atom is 0.329 e. The molecule has 1 aromatic heterocycles. The average Bonchev–Trinajstić information content (AvgIpc) is 3.13. The molecule has 1 aliphatic rings. The van der Waals surface area contributed by atoms with E-state index in [1.807, 2.05) is 30.3 Å². The van der Waals surface area contributed by atoms with Crippen LogP contribution < -0.4 is 4.90 Å². The first-order valence-corrected chi connectivity index (χ1v) is 8.49. The molecular formula is C20H15ClN2O3. The van der Waals surface area contributed by atoms with Crippen LogP contribution in [-0.4, -0.2) is 21.6 Å². The molecule has 1 amide bonds. The molecule has 4 rings (SSSR count). The molecule has 0 unspecified atom stereocenters. The second-order valence-electron chi connectivity index (χ2n) is 6.09. The van der Waals surface area contributed by atoms with Gasteiger partial charge in [0.15, 0.2) is 6.04 Å². The summed E-state index contributed by atoms with van der Waals surface area (Å²) in [6, 6.07) is 17.8. The van der Waals surface area contributed by atoms with Crippen LogP contribution in [0.25, 0.3) is 0 Å². The van der Waals surface area contributed by atoms with Crippen molar-refractivity contribution in [1.29, 1.82) is 0 Å². The number of aromatic nitrogens is 1. The van der Waals surface area contributed by atoms with Gasteiger partial charge < -0.3 is 9.67 Å². The Balaban J connectivity index is 1.96. The first kappa shape index (κ1) is 16.4. The molecule has 2 atom stereocenters. The van der Waals surface area contributed by atoms with E-state index in [1.165, 1.54) is 4.57 Å². The number of carboxylic acid groups (broad SMARTS) is 1. The molecule has 0 fully saturated rings. The van der Waals surface area contributed by atoms with E-state index in [4.69, 9.17) is 11.6 Å². The quantitative estimate of drug-likeness (QED) is 0.756. The minimum atomic E-state index is -0.997. The predicted molar refractivity (Wildman–Crippen MR) is 98.5 cm³/mol. The summed E-state index contributed by atoms with van der Waals surface area (Å²) in [5.74, 6) is -1.24. The number of hydrogen-bond acceptors (Lipinski definition) is 2. The molecule has 1 aliphatic heterocycles. The highest BCUT2D eigenvalue weighted by Gasteiger charge is 2.44. The van der Waals surface area contributed by atoms with Crippen molar-refractivity contribution in [3.63, 3.8) is 0 Å². The van der Waals surface area contributed by atoms with Gasteiger partial charge in [0, 0.05) is 16.9 Å². The fraction of sp³-hybridized carbons (Fsp3) is 0.100. The van der Waals surface area contributed by atoms with E-state index >= 15 is 0 Å². The Labute approximate surface area is 155 Å². The van der Waals surface area contributed by atoms with E-state index in [-0.39, 0.29) is 5.91 Å². The Kier molecular flexibility index (Phi) is 4.01. The minimum Gasteiger partial charge on any atom is -0.480 e. The van der Waals surface area contributed by atoms with Gasteiger partial charge in [0.25, 0.3) is 5.91 Å². The zero-order chi connectivity index (χ0) is 18.3. The summed E-state index contributed by atoms with van der Waals surface area (Å²) < 4.78 is 1.54. The molecule has 5 nitrogen and oxygen atoms in total. The number of amides is 1. The van der Waals surface area contributed by atoms with Crippen molar-refractivity contribution in [3.05, 3.63) is 89.2 Å². The number of carbonyl (C=O) groups excluding carboxylic acids is 1. The molecule has 0 aliphatic carbocycles. The van der Waals surface area contributed by atoms with Gasteiger partial charge >= 0.3 is 5.97 Å². The van der Waals surface area contributed by atoms with Crippen LogP contribution in [0.2, 0.25) is 5.02 Å². The number of anilines is 1. The van der Waals surface area contributed by atoms with E-state index in [0.717, 1.165) is 5.56 Å². The number of fused-ring (bicyclic) bond motifs is 1. The molecule has 3 aromatic rings. The first-order chi connectivity index (χ1) is 12.6. The molecule has 0 spiro atoms. The number of carbonyl (C=O) groups is 2. The number of aliphatic carboxylic acids is 1. The fourth-order valence-corrected chi connectivity index (χ4v) is 3.60. The van der Waals surface area contributed by atoms with E-state index in [9.17, 15) is 14.7 Å². The number of benzene rings is 2. The van der Waals surface area contributed by atoms with Crippen molar-refractivity contribution in [3.8, 4) is 0 Å². The van der Waals surface area contributed by atoms with Gasteiger partial charge in [-0.15, -0.1) is 0 Å². The highest BCUT2D eigenvalue weighted by atomic mass is 35.5. The summed E-state index contributed by atoms with van der Waals surface area (Å²) in [7, 11) is 0. The third-order valence-electron chi connectivity index (χ3n) is 4.59. The molecule has 0 bridgehead atoms. The molecule has 0 radical (unpaired) electrons. The smallest absolute Gasteiger partial charge is 0.329 e. The lowest BCUT2D eigenvalue weighted by atomic mass is 9.93. The Morgan fingerprint density at radius 3 is 2.31 bits per heavy atom. The Hall–Kier alpha value is -3.05. The summed E-state index contributed by atoms with van der Waals surface area (Å²) in [4.78, 5) is 26.9. The van der Waals surface area contributed by atoms with Crippen LogP contribution in [0, 0.1) is 0 Å². The number of nitrogens with zero attached hydrogens (tertiary/aromatic N) is 2. The third kappa shape index (κ3) is 2.57. The Bertz CT molecular complexity index is 966. The van der Waals surface area contributed by atoms with Gasteiger partial charge in [0.2, 0.25) is 0 Å². The summed E-state index contributed by atoms with van der Waals surface area (Å²) in [6.45, 7) is 0. The van der Waals surface area contributed by atoms with Gasteiger partial charge in [-0.25, -0.2) is 4.79 Å². The lowest BCUT2D eigenvalue weighted by Gasteiger charge is -2.41. The standard InChI is InChI=1S/C20H15ClN2O3/c21-14-8-10-15(11-9-14)23-17(13-5-2-1-3-6-13)18(20(25)26)22-12-4-7-16(22)19(23)24/h1-12,17-18H,(H,25,26)/t17-,18-/m0/s1. The van der Waals surface area contributed by atoms with Crippen LogP contribution in [0.5, 0.6) is 0 Å². The lowest BCUT2D eigenvalue weighted by molar-refractivity contribution is -0.141. The maximum atomic E-state index is 13.2. The fourth-order valence-electron chi connectivity index (χ4n) is 3.48. The van der Waals surface area contributed by atoms with Crippen LogP contribution in [0.4, 0.5) is 5.69 Å². The van der Waals surface area contributed by atoms with Crippen molar-refractivity contribution in [2.45, 2.75) is 12.1 Å². The van der Waals surface area contributed by atoms with Crippen molar-refractivity contribution < 1.29 is 14.7 Å². The summed E-state index contributed by atoms with van der Waals surface area (Å²) in [6.07, 6.45) is 1.64. The van der Waals surface area contributed by atoms with Gasteiger partial charge in [0.05, 0.1) is 6.04 Å². The van der Waals surface area contributed by atoms with Gasteiger partial charge in [-0.05, 0) is 42.0 Å². The predicted octanol–water partition coefficient (Wildman–Crippen LogP) is 4.17. The second kappa shape index (κ2) is 6.35. The first-order valence-electron chi connectivity index (χ1n) is 8.11. The van der Waals surface area contributed by atoms with Crippen LogP contribution >= 0.6 is 11.6 Å². The van der Waals surface area contributed by atoms with Crippen LogP contribution in [0.3, 0.4) is 0 Å². The van der Waals surface area contributed by atoms with E-state index in [0.29, 0.717) is 16.4 Å². The topological polar surface area (TPSA) is 62.5 Å². The Morgan fingerprint density at radius 2 is 1.65 bits per heavy atom. The highest BCUT2D eigenvalue weighted by molar-refractivity contribution is 6.30. The molecule has 2 aromatic carbocycles. The largest absolute Gasteiger partial charge is 0.480 e. The van der Waals surface area contributed by atoms with Gasteiger partial charge in [-0.1, -0.05) is 41.9 Å². The van der Waals surface area contributed by atoms with Crippen molar-refractivity contribution in [2.24, 2.45) is 0 Å². The lowest BCUT2D eigenvalue weighted by Crippen LogP contribution is -2.47. The zero-order valence-electron chi connectivity index (χ0n) is 13.6. The number of carboxylic acids is 1. The summed E-state index contributed by atoms with van der Waals surface area (Å²) in [5.41, 5.74) is 1.70. The van der Waals surface area contributed by atoms with E-state index in [1.54, 1.807) is 47.5 Å². The second-order valence-corrected chi connectivity index (χ2v) is 6.53. The molecular weight excluding hydrogens is 352 g/mol. The summed E-state index contributed by atoms with van der Waals surface area (Å²) in [5, 5.41) is 10.5. The normalized spacial score (nSPS) is 19.3. The van der Waals surface area contributed by atoms with E-state index < -0.39 is 18.1 Å². The average molecular weight is 367 g/mol. The van der Waals surface area contributed by atoms with Gasteiger partial charge in [-0.3, -0.25) is 9.69 Å². The van der Waals surface area contributed by atoms with Crippen LogP contribution in [0.15, 0.2) is 72.9 Å². The SMILES string of the molecule is O=C(O)[C@@H]1[C@H](c2ccccc2)N(c2ccc(Cl)cc2)C(=O)c2cccn21. The Morgan fingerprint density at radius 1 is 0.962 bits per heavy atom. The van der Waals surface area contributed by atoms with Crippen molar-refractivity contribution >= 4 is 29.2 Å². The molecule has 26 heavy (non-hydrogen) atoms. The molecule has 0 saturated heterocycles. The minimum absolute atomic E-state index is 0.247. The molecule has 2 heterocycles. The molecule has 1 N–H and O–H groups in total. The number of rotatable bonds is 3. The number of halogens is 1. The van der Waals surface area contributed by atoms with Crippen LogP contribution in [-0.2, 0) is 4.79 Å². The molecule has 130 valence electrons. The van der Waals surface area contributed by atoms with Crippen LogP contribution in [0.1, 0.15) is 28.1 Å². The zero-order valence-corrected chi connectivity index (χ0v) is 14.4. The van der Waals surface area contributed by atoms with Crippen molar-refractivity contribution in [2.75, 3.05) is 4.90 Å². The third-order valence-corrected chi connectivity index (χ3v) is 4.84. The summed E-state index contributed by atoms with van der Waals surface area (Å²) >= 11 is 5.98. The van der Waals surface area contributed by atoms with Gasteiger partial charge in [0.1, 0.15) is 5.69 Å². The maximum absolute atomic E-state index is 13.2. The van der Waals surface area contributed by atoms with E-state index in [2.05, 4.69) is 0 Å². The van der Waals surface area contributed by atoms with Gasteiger partial charge in [-0.2, -0.15) is 0 Å². The monoisotopic (exact) mass is 366 g/mol. The highest BCUT2D eigenvalue weighted by Crippen LogP contribution is 2.41. The molecule has 6 heteroatoms. The molecule has 0 saturated carbocycles.